The molecule has 0 fully saturated rings. The van der Waals surface area contributed by atoms with Crippen molar-refractivity contribution >= 4 is 20.2 Å². The lowest BCUT2D eigenvalue weighted by molar-refractivity contribution is -0.350. The van der Waals surface area contributed by atoms with Crippen LogP contribution >= 0.6 is 0 Å². The minimum absolute atomic E-state index is 0.850. The Hall–Kier alpha value is -1.44. The van der Waals surface area contributed by atoms with E-state index in [0.29, 0.717) is 0 Å². The third kappa shape index (κ3) is 5.00. The molecule has 0 amide bonds. The molecule has 0 aromatic carbocycles. The van der Waals surface area contributed by atoms with Crippen LogP contribution in [0.15, 0.2) is 0 Å². The molecule has 6 nitrogen and oxygen atoms in total. The van der Waals surface area contributed by atoms with E-state index in [4.69, 9.17) is 0 Å². The number of rotatable bonds is 6. The summed E-state index contributed by atoms with van der Waals surface area (Å²) in [6, 6.07) is 0. The van der Waals surface area contributed by atoms with E-state index in [1.807, 2.05) is 0 Å². The molecule has 0 N–H and O–H groups in total. The van der Waals surface area contributed by atoms with Gasteiger partial charge in [0.2, 0.25) is 0 Å². The zero-order chi connectivity index (χ0) is 30.0. The van der Waals surface area contributed by atoms with Gasteiger partial charge in [0.25, 0.3) is 0 Å². The number of alkyl halides is 18. The van der Waals surface area contributed by atoms with Crippen LogP contribution in [-0.2, 0) is 28.6 Å². The lowest BCUT2D eigenvalue weighted by Gasteiger charge is -2.38. The van der Waals surface area contributed by atoms with Crippen LogP contribution in [0.1, 0.15) is 6.92 Å². The van der Waals surface area contributed by atoms with Gasteiger partial charge in [0, 0.05) is 0 Å². The molecule has 0 aliphatic heterocycles. The number of hydrogen-bond acceptors (Lipinski definition) is 6. The Morgan fingerprint density at radius 1 is 0.417 bits per heavy atom. The van der Waals surface area contributed by atoms with Gasteiger partial charge in [-0.3, -0.25) is 0 Å². The normalized spacial score (nSPS) is 16.6. The molecule has 0 aromatic heterocycles. The summed E-state index contributed by atoms with van der Waals surface area (Å²) < 4.78 is 265. The van der Waals surface area contributed by atoms with Crippen LogP contribution in [0.3, 0.4) is 0 Å². The highest BCUT2D eigenvalue weighted by Gasteiger charge is 2.93. The summed E-state index contributed by atoms with van der Waals surface area (Å²) in [5.74, 6) is 0. The fourth-order valence-electron chi connectivity index (χ4n) is 2.33. The van der Waals surface area contributed by atoms with Gasteiger partial charge in [0.1, 0.15) is 0 Å². The van der Waals surface area contributed by atoms with Gasteiger partial charge in [-0.25, -0.2) is 8.37 Å². The van der Waals surface area contributed by atoms with Gasteiger partial charge in [-0.15, -0.1) is 0 Å². The van der Waals surface area contributed by atoms with Crippen LogP contribution < -0.4 is 0 Å². The van der Waals surface area contributed by atoms with Crippen molar-refractivity contribution in [2.45, 2.75) is 59.8 Å². The van der Waals surface area contributed by atoms with Crippen LogP contribution in [0, 0.1) is 0 Å². The molecule has 0 aromatic rings. The summed E-state index contributed by atoms with van der Waals surface area (Å²) in [7, 11) is -17.2. The van der Waals surface area contributed by atoms with E-state index in [1.165, 1.54) is 0 Å². The van der Waals surface area contributed by atoms with Crippen molar-refractivity contribution in [2.24, 2.45) is 0 Å². The second-order valence-electron chi connectivity index (χ2n) is 6.02. The van der Waals surface area contributed by atoms with E-state index in [1.54, 1.807) is 0 Å². The van der Waals surface area contributed by atoms with Crippen molar-refractivity contribution in [3.8, 4) is 0 Å². The first-order chi connectivity index (χ1) is 15.1. The average Bonchev–Trinajstić information content (AvgIpc) is 2.32. The smallest absolute Gasteiger partial charge is 0.236 e. The highest BCUT2D eigenvalue weighted by molar-refractivity contribution is 7.89. The Morgan fingerprint density at radius 3 is 0.667 bits per heavy atom. The molecule has 0 spiro atoms. The van der Waals surface area contributed by atoms with Crippen molar-refractivity contribution in [1.82, 2.24) is 0 Å². The Bertz CT molecular complexity index is 851. The molecule has 26 heteroatoms. The summed E-state index contributed by atoms with van der Waals surface area (Å²) in [5.41, 5.74) is 0. The lowest BCUT2D eigenvalue weighted by atomic mass is 10.1. The highest BCUT2D eigenvalue weighted by atomic mass is 32.2. The predicted molar refractivity (Wildman–Crippen MR) is 71.3 cm³/mol. The van der Waals surface area contributed by atoms with Crippen LogP contribution in [0.2, 0.25) is 0 Å². The second kappa shape index (κ2) is 8.81. The van der Waals surface area contributed by atoms with Crippen LogP contribution in [-0.4, -0.2) is 69.7 Å². The largest absolute Gasteiger partial charge is 0.428 e. The summed E-state index contributed by atoms with van der Waals surface area (Å²) in [4.78, 5) is 0. The van der Waals surface area contributed by atoms with Gasteiger partial charge in [-0.05, 0) is 6.92 Å². The van der Waals surface area contributed by atoms with Crippen molar-refractivity contribution in [2.75, 3.05) is 0 Å². The lowest BCUT2D eigenvalue weighted by Crippen LogP contribution is -2.71. The molecule has 0 aliphatic carbocycles. The van der Waals surface area contributed by atoms with Gasteiger partial charge >= 0.3 is 66.8 Å². The Morgan fingerprint density at radius 2 is 0.556 bits per heavy atom. The number of hydrogen-bond donors (Lipinski definition) is 0. The first-order valence-electron chi connectivity index (χ1n) is 7.36. The maximum atomic E-state index is 12.8. The average molecular weight is 626 g/mol. The molecular formula is C10H4F18O6S2. The maximum Gasteiger partial charge on any atom is 0.428 e. The van der Waals surface area contributed by atoms with E-state index in [9.17, 15) is 95.9 Å². The maximum absolute atomic E-state index is 12.8. The van der Waals surface area contributed by atoms with Crippen molar-refractivity contribution in [3.63, 3.8) is 0 Å². The molecule has 0 bridgehead atoms. The van der Waals surface area contributed by atoms with Gasteiger partial charge in [-0.1, -0.05) is 0 Å². The first kappa shape index (κ1) is 34.6. The summed E-state index contributed by atoms with van der Waals surface area (Å²) >= 11 is 0. The summed E-state index contributed by atoms with van der Waals surface area (Å²) in [6.07, 6.45) is -52.7. The third-order valence-electron chi connectivity index (χ3n) is 3.67. The molecule has 0 unspecified atom stereocenters. The van der Waals surface area contributed by atoms with Crippen molar-refractivity contribution in [3.05, 3.63) is 0 Å². The van der Waals surface area contributed by atoms with Gasteiger partial charge in [-0.2, -0.15) is 95.9 Å². The van der Waals surface area contributed by atoms with E-state index in [0.717, 1.165) is 0 Å². The molecular weight excluding hydrogens is 622 g/mol. The topological polar surface area (TPSA) is 86.7 Å². The van der Waals surface area contributed by atoms with E-state index in [2.05, 4.69) is 8.37 Å². The molecule has 0 heterocycles. The Labute approximate surface area is 185 Å². The van der Waals surface area contributed by atoms with Crippen molar-refractivity contribution < 1.29 is 104 Å². The van der Waals surface area contributed by atoms with E-state index >= 15 is 0 Å². The fraction of sp³-hybridized carbons (Fsp3) is 1.00. The SMILES string of the molecule is CC(OS(=O)(=O)C(C(F)(F)F)(C(F)(F)F)C(F)(F)F)OS(=O)(=O)C(C(F)(F)F)(C(F)(F)F)C(F)(F)F. The standard InChI is InChI=1S/C10H4F18O6S2/c1-2(33-35(29,30)3(5(11,12)13,6(14,15)16)7(17,18)19)34-36(31,32)4(8(20,21)22,9(23,24)25)10(26,27)28/h2H,1H3. The molecule has 0 rings (SSSR count). The quantitative estimate of drug-likeness (QED) is 0.238. The third-order valence-corrected chi connectivity index (χ3v) is 7.61. The van der Waals surface area contributed by atoms with Crippen molar-refractivity contribution in [1.29, 1.82) is 0 Å². The van der Waals surface area contributed by atoms with Gasteiger partial charge in [0.15, 0.2) is 6.29 Å². The van der Waals surface area contributed by atoms with E-state index < -0.39 is 80.0 Å². The molecule has 0 saturated heterocycles. The molecule has 218 valence electrons. The second-order valence-corrected chi connectivity index (χ2v) is 9.44. The summed E-state index contributed by atoms with van der Waals surface area (Å²) in [6.45, 7) is -0.850. The minimum atomic E-state index is -8.59. The van der Waals surface area contributed by atoms with Crippen LogP contribution in [0.4, 0.5) is 79.0 Å². The molecule has 0 radical (unpaired) electrons. The van der Waals surface area contributed by atoms with Gasteiger partial charge in [0.05, 0.1) is 0 Å². The zero-order valence-electron chi connectivity index (χ0n) is 15.6. The number of halogens is 18. The molecule has 0 saturated carbocycles. The zero-order valence-corrected chi connectivity index (χ0v) is 17.3. The van der Waals surface area contributed by atoms with Crippen LogP contribution in [0.25, 0.3) is 0 Å². The fourth-order valence-corrected chi connectivity index (χ4v) is 5.16. The Balaban J connectivity index is 7.09. The highest BCUT2D eigenvalue weighted by Crippen LogP contribution is 2.59. The van der Waals surface area contributed by atoms with E-state index in [-0.39, 0.29) is 0 Å². The summed E-state index contributed by atoms with van der Waals surface area (Å²) in [5, 5.41) is 0. The van der Waals surface area contributed by atoms with Gasteiger partial charge < -0.3 is 0 Å². The minimum Gasteiger partial charge on any atom is -0.236 e. The molecule has 0 atom stereocenters. The molecule has 0 aliphatic rings. The predicted octanol–water partition coefficient (Wildman–Crippen LogP) is 4.88. The Kier molecular flexibility index (Phi) is 8.45. The molecule has 36 heavy (non-hydrogen) atoms. The van der Waals surface area contributed by atoms with Crippen LogP contribution in [0.5, 0.6) is 0 Å². The monoisotopic (exact) mass is 626 g/mol. The first-order valence-corrected chi connectivity index (χ1v) is 10.2.